The molecule has 0 atom stereocenters. The van der Waals surface area contributed by atoms with Crippen molar-refractivity contribution < 1.29 is 4.39 Å². The largest absolute Gasteiger partial charge is 0.367 e. The second-order valence-electron chi connectivity index (χ2n) is 5.63. The molecule has 1 aromatic carbocycles. The van der Waals surface area contributed by atoms with E-state index in [4.69, 9.17) is 0 Å². The van der Waals surface area contributed by atoms with Gasteiger partial charge >= 0.3 is 16.8 Å². The molecule has 24 heavy (non-hydrogen) atoms. The number of piperazine rings is 1. The predicted octanol–water partition coefficient (Wildman–Crippen LogP) is -0.814. The molecule has 0 bridgehead atoms. The molecule has 2 aromatic rings. The first-order valence-electron chi connectivity index (χ1n) is 7.70. The van der Waals surface area contributed by atoms with Crippen molar-refractivity contribution in [3.8, 4) is 0 Å². The van der Waals surface area contributed by atoms with Gasteiger partial charge in [-0.3, -0.25) is 24.6 Å². The van der Waals surface area contributed by atoms with E-state index in [0.29, 0.717) is 25.3 Å². The molecular formula is C15H18FN5O3. The molecule has 8 nitrogen and oxygen atoms in total. The molecule has 0 saturated carbocycles. The molecule has 1 fully saturated rings. The Kier molecular flexibility index (Phi) is 4.61. The smallest absolute Gasteiger partial charge is 0.343 e. The molecule has 9 heteroatoms. The highest BCUT2D eigenvalue weighted by molar-refractivity contribution is 5.47. The van der Waals surface area contributed by atoms with E-state index in [2.05, 4.69) is 10.00 Å². The maximum Gasteiger partial charge on any atom is 0.343 e. The lowest BCUT2D eigenvalue weighted by Crippen LogP contribution is -2.49. The molecular weight excluding hydrogens is 317 g/mol. The summed E-state index contributed by atoms with van der Waals surface area (Å²) in [4.78, 5) is 40.0. The van der Waals surface area contributed by atoms with E-state index in [-0.39, 0.29) is 12.4 Å². The second kappa shape index (κ2) is 6.83. The van der Waals surface area contributed by atoms with Crippen molar-refractivity contribution >= 4 is 5.69 Å². The molecule has 2 heterocycles. The Morgan fingerprint density at radius 2 is 1.67 bits per heavy atom. The number of hydrogen-bond donors (Lipinski definition) is 2. The van der Waals surface area contributed by atoms with E-state index in [0.717, 1.165) is 17.8 Å². The van der Waals surface area contributed by atoms with Gasteiger partial charge in [-0.15, -0.1) is 0 Å². The molecule has 0 aliphatic carbocycles. The third-order valence-electron chi connectivity index (χ3n) is 4.11. The average Bonchev–Trinajstić information content (AvgIpc) is 2.58. The predicted molar refractivity (Wildman–Crippen MR) is 87.0 cm³/mol. The van der Waals surface area contributed by atoms with E-state index in [1.807, 2.05) is 16.0 Å². The summed E-state index contributed by atoms with van der Waals surface area (Å²) in [6.07, 6.45) is 0. The number of para-hydroxylation sites is 1. The van der Waals surface area contributed by atoms with Gasteiger partial charge in [-0.05, 0) is 12.1 Å². The molecule has 0 unspecified atom stereocenters. The zero-order chi connectivity index (χ0) is 17.1. The van der Waals surface area contributed by atoms with E-state index >= 15 is 0 Å². The van der Waals surface area contributed by atoms with Gasteiger partial charge in [-0.1, -0.05) is 12.1 Å². The van der Waals surface area contributed by atoms with Crippen LogP contribution in [0.4, 0.5) is 10.1 Å². The highest BCUT2D eigenvalue weighted by Gasteiger charge is 2.19. The number of nitrogens with one attached hydrogen (secondary N) is 2. The Hall–Kier alpha value is -2.68. The Bertz CT molecular complexity index is 879. The minimum absolute atomic E-state index is 0.233. The number of aromatic nitrogens is 3. The standard InChI is InChI=1S/C15H18FN5O3/c16-11-3-1-2-4-12(11)20-8-5-19(6-9-20)7-10-21-15(24)17-13(22)14(23)18-21/h1-4H,5-10H2,(H,18,23)(H,17,22,24). The molecule has 2 N–H and O–H groups in total. The third-order valence-corrected chi connectivity index (χ3v) is 4.11. The average molecular weight is 335 g/mol. The van der Waals surface area contributed by atoms with E-state index in [1.54, 1.807) is 12.1 Å². The van der Waals surface area contributed by atoms with Crippen LogP contribution in [0.2, 0.25) is 0 Å². The van der Waals surface area contributed by atoms with Crippen LogP contribution >= 0.6 is 0 Å². The molecule has 0 amide bonds. The number of hydrogen-bond acceptors (Lipinski definition) is 5. The van der Waals surface area contributed by atoms with Crippen LogP contribution in [0, 0.1) is 5.82 Å². The van der Waals surface area contributed by atoms with E-state index < -0.39 is 16.8 Å². The summed E-state index contributed by atoms with van der Waals surface area (Å²) in [7, 11) is 0. The van der Waals surface area contributed by atoms with Crippen molar-refractivity contribution in [2.45, 2.75) is 6.54 Å². The summed E-state index contributed by atoms with van der Waals surface area (Å²) in [5.41, 5.74) is -1.84. The van der Waals surface area contributed by atoms with Crippen LogP contribution in [0.1, 0.15) is 0 Å². The van der Waals surface area contributed by atoms with E-state index in [1.165, 1.54) is 6.07 Å². The molecule has 1 aliphatic rings. The number of nitrogens with zero attached hydrogens (tertiary/aromatic N) is 3. The lowest BCUT2D eigenvalue weighted by atomic mass is 10.2. The van der Waals surface area contributed by atoms with Gasteiger partial charge in [0, 0.05) is 32.7 Å². The van der Waals surface area contributed by atoms with Crippen LogP contribution < -0.4 is 21.7 Å². The molecule has 0 spiro atoms. The Morgan fingerprint density at radius 3 is 2.38 bits per heavy atom. The highest BCUT2D eigenvalue weighted by atomic mass is 19.1. The van der Waals surface area contributed by atoms with Gasteiger partial charge in [0.05, 0.1) is 12.2 Å². The topological polar surface area (TPSA) is 94.2 Å². The fourth-order valence-electron chi connectivity index (χ4n) is 2.76. The van der Waals surface area contributed by atoms with Crippen LogP contribution in [0.5, 0.6) is 0 Å². The minimum Gasteiger partial charge on any atom is -0.367 e. The summed E-state index contributed by atoms with van der Waals surface area (Å²) in [6.45, 7) is 3.61. The molecule has 1 aliphatic heterocycles. The minimum atomic E-state index is -0.949. The number of H-pyrrole nitrogens is 2. The SMILES string of the molecule is O=c1[nH]c(=O)n(CCN2CCN(c3ccccc3F)CC2)[nH]c1=O. The third kappa shape index (κ3) is 3.46. The van der Waals surface area contributed by atoms with Crippen molar-refractivity contribution in [1.82, 2.24) is 19.7 Å². The number of rotatable bonds is 4. The van der Waals surface area contributed by atoms with Gasteiger partial charge in [0.25, 0.3) is 0 Å². The van der Waals surface area contributed by atoms with E-state index in [9.17, 15) is 18.8 Å². The second-order valence-corrected chi connectivity index (χ2v) is 5.63. The summed E-state index contributed by atoms with van der Waals surface area (Å²) in [5, 5.41) is 2.24. The van der Waals surface area contributed by atoms with Crippen molar-refractivity contribution in [3.63, 3.8) is 0 Å². The Balaban J connectivity index is 1.57. The monoisotopic (exact) mass is 335 g/mol. The maximum atomic E-state index is 13.8. The zero-order valence-electron chi connectivity index (χ0n) is 13.0. The molecule has 1 aromatic heterocycles. The first kappa shape index (κ1) is 16.2. The summed E-state index contributed by atoms with van der Waals surface area (Å²) in [6, 6.07) is 6.68. The Morgan fingerprint density at radius 1 is 0.958 bits per heavy atom. The number of benzene rings is 1. The first-order chi connectivity index (χ1) is 11.5. The lowest BCUT2D eigenvalue weighted by molar-refractivity contribution is 0.241. The quantitative estimate of drug-likeness (QED) is 0.713. The van der Waals surface area contributed by atoms with Crippen LogP contribution in [-0.4, -0.2) is 52.4 Å². The van der Waals surface area contributed by atoms with Crippen molar-refractivity contribution in [2.24, 2.45) is 0 Å². The first-order valence-corrected chi connectivity index (χ1v) is 7.70. The molecule has 1 saturated heterocycles. The maximum absolute atomic E-state index is 13.8. The van der Waals surface area contributed by atoms with Crippen LogP contribution in [-0.2, 0) is 6.54 Å². The Labute approximate surface area is 136 Å². The summed E-state index contributed by atoms with van der Waals surface area (Å²) < 4.78 is 14.9. The number of anilines is 1. The van der Waals surface area contributed by atoms with Gasteiger partial charge in [0.1, 0.15) is 5.82 Å². The van der Waals surface area contributed by atoms with Gasteiger partial charge in [0.2, 0.25) is 0 Å². The zero-order valence-corrected chi connectivity index (χ0v) is 13.0. The van der Waals surface area contributed by atoms with Crippen molar-refractivity contribution in [3.05, 3.63) is 61.3 Å². The fraction of sp³-hybridized carbons (Fsp3) is 0.400. The van der Waals surface area contributed by atoms with Crippen LogP contribution in [0.15, 0.2) is 38.6 Å². The summed E-state index contributed by atoms with van der Waals surface area (Å²) in [5.74, 6) is -0.233. The van der Waals surface area contributed by atoms with Crippen molar-refractivity contribution in [2.75, 3.05) is 37.6 Å². The molecule has 3 rings (SSSR count). The van der Waals surface area contributed by atoms with Gasteiger partial charge in [0.15, 0.2) is 0 Å². The lowest BCUT2D eigenvalue weighted by Gasteiger charge is -2.36. The molecule has 128 valence electrons. The fourth-order valence-corrected chi connectivity index (χ4v) is 2.76. The highest BCUT2D eigenvalue weighted by Crippen LogP contribution is 2.19. The number of aromatic amines is 2. The van der Waals surface area contributed by atoms with Crippen molar-refractivity contribution in [1.29, 1.82) is 0 Å². The van der Waals surface area contributed by atoms with Gasteiger partial charge in [-0.25, -0.2) is 13.9 Å². The number of halogens is 1. The van der Waals surface area contributed by atoms with Crippen LogP contribution in [0.3, 0.4) is 0 Å². The van der Waals surface area contributed by atoms with Gasteiger partial charge < -0.3 is 4.90 Å². The molecule has 0 radical (unpaired) electrons. The summed E-state index contributed by atoms with van der Waals surface area (Å²) >= 11 is 0. The van der Waals surface area contributed by atoms with Crippen LogP contribution in [0.25, 0.3) is 0 Å². The van der Waals surface area contributed by atoms with Gasteiger partial charge in [-0.2, -0.15) is 0 Å². The normalized spacial score (nSPS) is 15.6.